The molecule has 0 saturated heterocycles. The number of aryl methyl sites for hydroxylation is 1. The fourth-order valence-corrected chi connectivity index (χ4v) is 2.68. The van der Waals surface area contributed by atoms with Gasteiger partial charge in [0.15, 0.2) is 6.61 Å². The van der Waals surface area contributed by atoms with Crippen molar-refractivity contribution >= 4 is 49.9 Å². The van der Waals surface area contributed by atoms with E-state index < -0.39 is 0 Å². The lowest BCUT2D eigenvalue weighted by molar-refractivity contribution is -0.118. The lowest BCUT2D eigenvalue weighted by atomic mass is 10.1. The fraction of sp³-hybridized carbons (Fsp3) is 0.250. The van der Waals surface area contributed by atoms with Crippen molar-refractivity contribution in [2.75, 3.05) is 11.9 Å². The van der Waals surface area contributed by atoms with Gasteiger partial charge in [0.2, 0.25) is 5.13 Å². The van der Waals surface area contributed by atoms with Crippen LogP contribution in [-0.4, -0.2) is 22.7 Å². The van der Waals surface area contributed by atoms with Crippen LogP contribution in [0.1, 0.15) is 11.1 Å². The number of amides is 1. The zero-order valence-electron chi connectivity index (χ0n) is 10.7. The molecule has 0 aliphatic rings. The molecule has 1 aromatic heterocycles. The second kappa shape index (κ2) is 6.51. The highest BCUT2D eigenvalue weighted by Gasteiger charge is 2.13. The number of carbonyl (C=O) groups is 1. The molecule has 0 bridgehead atoms. The number of hydrogen-bond donors (Lipinski definition) is 1. The number of carbonyl (C=O) groups excluding carboxylic acids is 1. The van der Waals surface area contributed by atoms with Crippen LogP contribution in [0.25, 0.3) is 0 Å². The standard InChI is InChI=1S/C12H11BrClN3O2S/c1-6-3-8(10(13)7(2)11(6)14)19-4-9(18)16-12-17-15-5-20-12/h3,5H,4H2,1-2H3,(H,16,17,18). The first kappa shape index (κ1) is 15.2. The van der Waals surface area contributed by atoms with Crippen LogP contribution in [0.15, 0.2) is 16.0 Å². The number of anilines is 1. The summed E-state index contributed by atoms with van der Waals surface area (Å²) >= 11 is 10.8. The first-order chi connectivity index (χ1) is 9.49. The Balaban J connectivity index is 2.02. The lowest BCUT2D eigenvalue weighted by Gasteiger charge is -2.12. The molecule has 0 spiro atoms. The van der Waals surface area contributed by atoms with E-state index in [1.807, 2.05) is 13.8 Å². The van der Waals surface area contributed by atoms with E-state index in [0.29, 0.717) is 15.9 Å². The Morgan fingerprint density at radius 2 is 2.30 bits per heavy atom. The van der Waals surface area contributed by atoms with Crippen molar-refractivity contribution in [3.63, 3.8) is 0 Å². The predicted molar refractivity (Wildman–Crippen MR) is 82.7 cm³/mol. The van der Waals surface area contributed by atoms with Crippen molar-refractivity contribution < 1.29 is 9.53 Å². The van der Waals surface area contributed by atoms with Crippen LogP contribution in [0.2, 0.25) is 5.02 Å². The molecule has 0 fully saturated rings. The first-order valence-electron chi connectivity index (χ1n) is 5.63. The molecule has 0 aliphatic heterocycles. The molecule has 1 N–H and O–H groups in total. The van der Waals surface area contributed by atoms with Crippen molar-refractivity contribution in [1.82, 2.24) is 10.2 Å². The third-order valence-corrected chi connectivity index (χ3v) is 4.71. The summed E-state index contributed by atoms with van der Waals surface area (Å²) in [6, 6.07) is 1.79. The molecule has 0 saturated carbocycles. The van der Waals surface area contributed by atoms with E-state index in [2.05, 4.69) is 31.4 Å². The fourth-order valence-electron chi connectivity index (χ4n) is 1.53. The van der Waals surface area contributed by atoms with Gasteiger partial charge in [-0.3, -0.25) is 10.1 Å². The van der Waals surface area contributed by atoms with E-state index >= 15 is 0 Å². The second-order valence-electron chi connectivity index (χ2n) is 4.03. The van der Waals surface area contributed by atoms with Crippen molar-refractivity contribution in [3.05, 3.63) is 32.2 Å². The largest absolute Gasteiger partial charge is 0.483 e. The molecule has 20 heavy (non-hydrogen) atoms. The Hall–Kier alpha value is -1.18. The van der Waals surface area contributed by atoms with Crippen molar-refractivity contribution in [1.29, 1.82) is 0 Å². The summed E-state index contributed by atoms with van der Waals surface area (Å²) < 4.78 is 6.25. The summed E-state index contributed by atoms with van der Waals surface area (Å²) in [5.41, 5.74) is 3.32. The number of rotatable bonds is 4. The van der Waals surface area contributed by atoms with Gasteiger partial charge in [0.1, 0.15) is 11.3 Å². The van der Waals surface area contributed by atoms with Gasteiger partial charge in [0.05, 0.1) is 4.47 Å². The van der Waals surface area contributed by atoms with Gasteiger partial charge >= 0.3 is 0 Å². The first-order valence-corrected chi connectivity index (χ1v) is 7.68. The molecule has 2 aromatic rings. The number of nitrogens with zero attached hydrogens (tertiary/aromatic N) is 2. The van der Waals surface area contributed by atoms with E-state index in [1.165, 1.54) is 11.3 Å². The maximum absolute atomic E-state index is 11.7. The average molecular weight is 377 g/mol. The van der Waals surface area contributed by atoms with Crippen LogP contribution in [-0.2, 0) is 4.79 Å². The molecule has 0 unspecified atom stereocenters. The highest BCUT2D eigenvalue weighted by molar-refractivity contribution is 9.10. The lowest BCUT2D eigenvalue weighted by Crippen LogP contribution is -2.20. The third-order valence-electron chi connectivity index (χ3n) is 2.53. The number of halogens is 2. The van der Waals surface area contributed by atoms with Gasteiger partial charge in [-0.05, 0) is 47.0 Å². The Morgan fingerprint density at radius 1 is 1.55 bits per heavy atom. The molecule has 0 atom stereocenters. The van der Waals surface area contributed by atoms with Gasteiger partial charge in [-0.1, -0.05) is 22.9 Å². The van der Waals surface area contributed by atoms with Crippen LogP contribution >= 0.6 is 38.9 Å². The van der Waals surface area contributed by atoms with Crippen LogP contribution in [0.5, 0.6) is 5.75 Å². The number of hydrogen-bond acceptors (Lipinski definition) is 5. The summed E-state index contributed by atoms with van der Waals surface area (Å²) in [4.78, 5) is 11.7. The molecule has 1 heterocycles. The molecular weight excluding hydrogens is 366 g/mol. The average Bonchev–Trinajstić information content (AvgIpc) is 2.92. The van der Waals surface area contributed by atoms with Crippen LogP contribution in [0.3, 0.4) is 0 Å². The van der Waals surface area contributed by atoms with Crippen LogP contribution < -0.4 is 10.1 Å². The summed E-state index contributed by atoms with van der Waals surface area (Å²) in [7, 11) is 0. The molecular formula is C12H11BrClN3O2S. The molecule has 106 valence electrons. The van der Waals surface area contributed by atoms with Gasteiger partial charge in [0, 0.05) is 5.02 Å². The van der Waals surface area contributed by atoms with Crippen molar-refractivity contribution in [3.8, 4) is 5.75 Å². The summed E-state index contributed by atoms with van der Waals surface area (Å²) in [5.74, 6) is 0.288. The number of benzene rings is 1. The third kappa shape index (κ3) is 3.47. The van der Waals surface area contributed by atoms with E-state index in [1.54, 1.807) is 11.6 Å². The van der Waals surface area contributed by atoms with Crippen molar-refractivity contribution in [2.24, 2.45) is 0 Å². The van der Waals surface area contributed by atoms with Gasteiger partial charge in [-0.2, -0.15) is 0 Å². The normalized spacial score (nSPS) is 10.4. The Kier molecular flexibility index (Phi) is 4.95. The molecule has 0 radical (unpaired) electrons. The molecule has 2 rings (SSSR count). The topological polar surface area (TPSA) is 64.1 Å². The van der Waals surface area contributed by atoms with Crippen LogP contribution in [0, 0.1) is 13.8 Å². The highest BCUT2D eigenvalue weighted by atomic mass is 79.9. The van der Waals surface area contributed by atoms with E-state index in [0.717, 1.165) is 15.6 Å². The maximum Gasteiger partial charge on any atom is 0.264 e. The predicted octanol–water partition coefficient (Wildman–Crippen LogP) is 3.59. The summed E-state index contributed by atoms with van der Waals surface area (Å²) in [5, 5.41) is 11.1. The summed E-state index contributed by atoms with van der Waals surface area (Å²) in [6.07, 6.45) is 0. The van der Waals surface area contributed by atoms with Crippen molar-refractivity contribution in [2.45, 2.75) is 13.8 Å². The SMILES string of the molecule is Cc1cc(OCC(=O)Nc2nncs2)c(Br)c(C)c1Cl. The second-order valence-corrected chi connectivity index (χ2v) is 6.03. The summed E-state index contributed by atoms with van der Waals surface area (Å²) in [6.45, 7) is 3.65. The minimum absolute atomic E-state index is 0.112. The number of aromatic nitrogens is 2. The number of nitrogens with one attached hydrogen (secondary N) is 1. The molecule has 1 aromatic carbocycles. The number of ether oxygens (including phenoxy) is 1. The monoisotopic (exact) mass is 375 g/mol. The minimum atomic E-state index is -0.293. The highest BCUT2D eigenvalue weighted by Crippen LogP contribution is 2.35. The molecule has 0 aliphatic carbocycles. The van der Waals surface area contributed by atoms with Gasteiger partial charge in [0.25, 0.3) is 5.91 Å². The van der Waals surface area contributed by atoms with Gasteiger partial charge < -0.3 is 4.74 Å². The van der Waals surface area contributed by atoms with Crippen LogP contribution in [0.4, 0.5) is 5.13 Å². The van der Waals surface area contributed by atoms with E-state index in [-0.39, 0.29) is 12.5 Å². The minimum Gasteiger partial charge on any atom is -0.483 e. The molecule has 8 heteroatoms. The zero-order valence-corrected chi connectivity index (χ0v) is 13.9. The smallest absolute Gasteiger partial charge is 0.264 e. The van der Waals surface area contributed by atoms with E-state index in [9.17, 15) is 4.79 Å². The Morgan fingerprint density at radius 3 is 2.95 bits per heavy atom. The van der Waals surface area contributed by atoms with Gasteiger partial charge in [-0.25, -0.2) is 0 Å². The van der Waals surface area contributed by atoms with E-state index in [4.69, 9.17) is 16.3 Å². The quantitative estimate of drug-likeness (QED) is 0.885. The maximum atomic E-state index is 11.7. The Labute approximate surface area is 133 Å². The van der Waals surface area contributed by atoms with Gasteiger partial charge in [-0.15, -0.1) is 10.2 Å². The molecule has 1 amide bonds. The zero-order chi connectivity index (χ0) is 14.7. The molecule has 5 nitrogen and oxygen atoms in total. The Bertz CT molecular complexity index is 634.